The number of carbonyl (C=O) groups is 1. The quantitative estimate of drug-likeness (QED) is 0.686. The summed E-state index contributed by atoms with van der Waals surface area (Å²) in [6.45, 7) is 2.05. The Bertz CT molecular complexity index is 996. The van der Waals surface area contributed by atoms with Crippen molar-refractivity contribution >= 4 is 27.3 Å². The van der Waals surface area contributed by atoms with Gasteiger partial charge in [-0.3, -0.25) is 4.79 Å². The lowest BCUT2D eigenvalue weighted by atomic mass is 9.80. The number of ether oxygens (including phenoxy) is 2. The summed E-state index contributed by atoms with van der Waals surface area (Å²) in [7, 11) is 0. The predicted octanol–water partition coefficient (Wildman–Crippen LogP) is 5.45. The molecule has 1 aliphatic carbocycles. The highest BCUT2D eigenvalue weighted by Gasteiger charge is 2.59. The second kappa shape index (κ2) is 6.75. The molecular formula is C23H21BrO4. The molecule has 2 heterocycles. The topological polar surface area (TPSA) is 55.8 Å². The van der Waals surface area contributed by atoms with Crippen molar-refractivity contribution in [2.45, 2.75) is 38.4 Å². The molecule has 2 bridgehead atoms. The van der Waals surface area contributed by atoms with Crippen LogP contribution in [-0.2, 0) is 16.0 Å². The minimum Gasteiger partial charge on any atom is -0.511 e. The molecule has 0 unspecified atom stereocenters. The molecule has 0 radical (unpaired) electrons. The normalized spacial score (nSPS) is 28.1. The van der Waals surface area contributed by atoms with E-state index in [0.717, 1.165) is 34.9 Å². The zero-order valence-electron chi connectivity index (χ0n) is 15.5. The zero-order chi connectivity index (χ0) is 19.4. The van der Waals surface area contributed by atoms with Gasteiger partial charge in [0.2, 0.25) is 0 Å². The Morgan fingerprint density at radius 3 is 2.57 bits per heavy atom. The first-order chi connectivity index (χ1) is 13.6. The van der Waals surface area contributed by atoms with Crippen LogP contribution in [0.2, 0.25) is 0 Å². The van der Waals surface area contributed by atoms with Crippen LogP contribution < -0.4 is 4.74 Å². The Morgan fingerprint density at radius 2 is 1.86 bits per heavy atom. The van der Waals surface area contributed by atoms with Gasteiger partial charge in [0.15, 0.2) is 5.78 Å². The third-order valence-electron chi connectivity index (χ3n) is 6.16. The third-order valence-corrected chi connectivity index (χ3v) is 6.65. The molecule has 5 heteroatoms. The van der Waals surface area contributed by atoms with E-state index in [4.69, 9.17) is 9.47 Å². The number of benzene rings is 2. The Hall–Kier alpha value is -2.11. The van der Waals surface area contributed by atoms with E-state index in [2.05, 4.69) is 22.9 Å². The Balaban J connectivity index is 1.55. The number of hydrogen-bond donors (Lipinski definition) is 1. The lowest BCUT2D eigenvalue weighted by molar-refractivity contribution is -0.118. The van der Waals surface area contributed by atoms with Gasteiger partial charge in [-0.1, -0.05) is 35.0 Å². The molecule has 2 saturated heterocycles. The maximum Gasteiger partial charge on any atom is 0.173 e. The van der Waals surface area contributed by atoms with Crippen molar-refractivity contribution in [1.82, 2.24) is 0 Å². The Labute approximate surface area is 172 Å². The molecule has 1 N–H and O–H groups in total. The van der Waals surface area contributed by atoms with E-state index in [9.17, 15) is 9.90 Å². The summed E-state index contributed by atoms with van der Waals surface area (Å²) in [5.74, 6) is 1.17. The van der Waals surface area contributed by atoms with Crippen LogP contribution >= 0.6 is 15.9 Å². The van der Waals surface area contributed by atoms with Gasteiger partial charge in [-0.2, -0.15) is 0 Å². The van der Waals surface area contributed by atoms with Gasteiger partial charge in [-0.25, -0.2) is 0 Å². The molecule has 2 aromatic rings. The van der Waals surface area contributed by atoms with E-state index < -0.39 is 0 Å². The van der Waals surface area contributed by atoms with Gasteiger partial charge in [0, 0.05) is 4.47 Å². The molecule has 0 saturated carbocycles. The predicted molar refractivity (Wildman–Crippen MR) is 109 cm³/mol. The molecule has 0 amide bonds. The molecule has 2 aliphatic heterocycles. The highest BCUT2D eigenvalue weighted by Crippen LogP contribution is 2.54. The van der Waals surface area contributed by atoms with Crippen LogP contribution in [0.25, 0.3) is 5.57 Å². The lowest BCUT2D eigenvalue weighted by Crippen LogP contribution is -2.29. The van der Waals surface area contributed by atoms with Crippen LogP contribution in [0.4, 0.5) is 0 Å². The molecule has 0 aromatic heterocycles. The standard InChI is InChI=1S/C23H21BrO4/c1-2-12-6-7-15(27-14-5-3-4-13(24)10-14)11-16(12)19-22(25)20-17-8-9-18(28-17)21(20)23(19)26/h3-7,10-11,17-18,20-21,25H,2,8-9H2,1H3/t17-,18+,20-,21+/m1/s1. The average molecular weight is 441 g/mol. The number of rotatable bonds is 4. The second-order valence-corrected chi connectivity index (χ2v) is 8.61. The number of hydrogen-bond acceptors (Lipinski definition) is 4. The summed E-state index contributed by atoms with van der Waals surface area (Å²) >= 11 is 3.45. The smallest absolute Gasteiger partial charge is 0.173 e. The number of ketones is 1. The van der Waals surface area contributed by atoms with Crippen molar-refractivity contribution in [3.63, 3.8) is 0 Å². The highest BCUT2D eigenvalue weighted by atomic mass is 79.9. The highest BCUT2D eigenvalue weighted by molar-refractivity contribution is 9.10. The first-order valence-corrected chi connectivity index (χ1v) is 10.6. The molecule has 3 aliphatic rings. The van der Waals surface area contributed by atoms with Gasteiger partial charge in [0.05, 0.1) is 29.6 Å². The second-order valence-electron chi connectivity index (χ2n) is 7.70. The Kier molecular flexibility index (Phi) is 4.33. The number of Topliss-reactive ketones (excluding diaryl/α,β-unsaturated/α-hetero) is 1. The number of halogens is 1. The van der Waals surface area contributed by atoms with E-state index in [1.54, 1.807) is 0 Å². The molecule has 0 spiro atoms. The van der Waals surface area contributed by atoms with Crippen LogP contribution in [0, 0.1) is 11.8 Å². The van der Waals surface area contributed by atoms with Gasteiger partial charge in [-0.15, -0.1) is 0 Å². The number of carbonyl (C=O) groups excluding carboxylic acids is 1. The van der Waals surface area contributed by atoms with E-state index in [1.165, 1.54) is 0 Å². The number of fused-ring (bicyclic) bond motifs is 5. The van der Waals surface area contributed by atoms with Gasteiger partial charge in [-0.05, 0) is 60.7 Å². The van der Waals surface area contributed by atoms with Crippen LogP contribution in [0.1, 0.15) is 30.9 Å². The number of aryl methyl sites for hydroxylation is 1. The molecule has 4 atom stereocenters. The monoisotopic (exact) mass is 440 g/mol. The van der Waals surface area contributed by atoms with Crippen molar-refractivity contribution in [2.24, 2.45) is 11.8 Å². The first-order valence-electron chi connectivity index (χ1n) is 9.76. The molecular weight excluding hydrogens is 420 g/mol. The fourth-order valence-corrected chi connectivity index (χ4v) is 5.29. The summed E-state index contributed by atoms with van der Waals surface area (Å²) in [6, 6.07) is 13.4. The molecule has 5 rings (SSSR count). The van der Waals surface area contributed by atoms with Crippen molar-refractivity contribution in [3.05, 3.63) is 63.8 Å². The number of aliphatic hydroxyl groups is 1. The molecule has 2 aromatic carbocycles. The number of aliphatic hydroxyl groups excluding tert-OH is 1. The lowest BCUT2D eigenvalue weighted by Gasteiger charge is -2.19. The van der Waals surface area contributed by atoms with Crippen LogP contribution in [0.15, 0.2) is 52.7 Å². The van der Waals surface area contributed by atoms with Crippen LogP contribution in [-0.4, -0.2) is 23.1 Å². The average Bonchev–Trinajstić information content (AvgIpc) is 3.36. The Morgan fingerprint density at radius 1 is 1.11 bits per heavy atom. The summed E-state index contributed by atoms with van der Waals surface area (Å²) in [6.07, 6.45) is 2.53. The fraction of sp³-hybridized carbons (Fsp3) is 0.348. The van der Waals surface area contributed by atoms with Gasteiger partial charge in [0.1, 0.15) is 17.3 Å². The first kappa shape index (κ1) is 18.0. The zero-order valence-corrected chi connectivity index (χ0v) is 17.1. The minimum absolute atomic E-state index is 0.0176. The van der Waals surface area contributed by atoms with Crippen LogP contribution in [0.3, 0.4) is 0 Å². The summed E-state index contributed by atoms with van der Waals surface area (Å²) < 4.78 is 12.8. The summed E-state index contributed by atoms with van der Waals surface area (Å²) in [5.41, 5.74) is 2.28. The van der Waals surface area contributed by atoms with Gasteiger partial charge in [0.25, 0.3) is 0 Å². The fourth-order valence-electron chi connectivity index (χ4n) is 4.92. The van der Waals surface area contributed by atoms with Gasteiger partial charge < -0.3 is 14.6 Å². The SMILES string of the molecule is CCc1ccc(Oc2cccc(Br)c2)cc1C1=C(O)[C@H]2[C@@H](C1=O)[C@@H]1CC[C@H]2O1. The summed E-state index contributed by atoms with van der Waals surface area (Å²) in [5, 5.41) is 11.0. The molecule has 144 valence electrons. The van der Waals surface area contributed by atoms with E-state index in [-0.39, 0.29) is 35.6 Å². The van der Waals surface area contributed by atoms with Crippen molar-refractivity contribution in [3.8, 4) is 11.5 Å². The maximum atomic E-state index is 13.2. The molecule has 4 nitrogen and oxygen atoms in total. The van der Waals surface area contributed by atoms with Crippen molar-refractivity contribution in [2.75, 3.05) is 0 Å². The largest absolute Gasteiger partial charge is 0.511 e. The van der Waals surface area contributed by atoms with Crippen LogP contribution in [0.5, 0.6) is 11.5 Å². The van der Waals surface area contributed by atoms with Gasteiger partial charge >= 0.3 is 0 Å². The van der Waals surface area contributed by atoms with Crippen molar-refractivity contribution < 1.29 is 19.4 Å². The molecule has 28 heavy (non-hydrogen) atoms. The van der Waals surface area contributed by atoms with E-state index >= 15 is 0 Å². The van der Waals surface area contributed by atoms with E-state index in [0.29, 0.717) is 17.1 Å². The maximum absolute atomic E-state index is 13.2. The third kappa shape index (κ3) is 2.72. The minimum atomic E-state index is -0.229. The summed E-state index contributed by atoms with van der Waals surface area (Å²) in [4.78, 5) is 13.2. The van der Waals surface area contributed by atoms with E-state index in [1.807, 2.05) is 42.5 Å². The molecule has 2 fully saturated rings. The van der Waals surface area contributed by atoms with Crippen molar-refractivity contribution in [1.29, 1.82) is 0 Å². The number of allylic oxidation sites excluding steroid dienone is 1.